The molecule has 0 unspecified atom stereocenters. The molecule has 1 aliphatic carbocycles. The van der Waals surface area contributed by atoms with Gasteiger partial charge in [0.25, 0.3) is 5.56 Å². The van der Waals surface area contributed by atoms with Crippen LogP contribution in [-0.4, -0.2) is 32.6 Å². The van der Waals surface area contributed by atoms with Gasteiger partial charge in [-0.05, 0) is 59.9 Å². The lowest BCUT2D eigenvalue weighted by Gasteiger charge is -2.39. The van der Waals surface area contributed by atoms with Crippen molar-refractivity contribution in [1.82, 2.24) is 19.5 Å². The number of hydrogen-bond donors (Lipinski definition) is 0. The summed E-state index contributed by atoms with van der Waals surface area (Å²) in [6.07, 6.45) is 9.96. The number of fused-ring (bicyclic) bond motifs is 2. The van der Waals surface area contributed by atoms with Crippen LogP contribution in [0.1, 0.15) is 29.5 Å². The minimum Gasteiger partial charge on any atom is -0.355 e. The standard InChI is InChI=1S/C32H28ClN5OS/c33-30-26(11-10-25-29(30)31(39)38(21-36-25)20-22-6-2-1-3-7-22)40-28-19-34-27(18-35-28)37-14-12-32(13-15-37)16-23-8-4-5-9-24(23)17-32/h1-11,18-19,21H,12-17,20H2. The number of aromatic nitrogens is 4. The van der Waals surface area contributed by atoms with E-state index in [1.807, 2.05) is 48.7 Å². The van der Waals surface area contributed by atoms with Crippen LogP contribution in [-0.2, 0) is 19.4 Å². The largest absolute Gasteiger partial charge is 0.355 e. The molecule has 0 atom stereocenters. The van der Waals surface area contributed by atoms with E-state index in [-0.39, 0.29) is 5.56 Å². The summed E-state index contributed by atoms with van der Waals surface area (Å²) < 4.78 is 1.60. The van der Waals surface area contributed by atoms with E-state index in [2.05, 4.69) is 39.1 Å². The highest BCUT2D eigenvalue weighted by atomic mass is 35.5. The average Bonchev–Trinajstić information content (AvgIpc) is 3.35. The lowest BCUT2D eigenvalue weighted by atomic mass is 9.76. The highest BCUT2D eigenvalue weighted by molar-refractivity contribution is 7.99. The van der Waals surface area contributed by atoms with Gasteiger partial charge in [0.2, 0.25) is 0 Å². The van der Waals surface area contributed by atoms with Gasteiger partial charge in [-0.1, -0.05) is 78.0 Å². The van der Waals surface area contributed by atoms with E-state index >= 15 is 0 Å². The fraction of sp³-hybridized carbons (Fsp3) is 0.250. The van der Waals surface area contributed by atoms with Crippen LogP contribution in [0.3, 0.4) is 0 Å². The highest BCUT2D eigenvalue weighted by Gasteiger charge is 2.39. The van der Waals surface area contributed by atoms with E-state index in [0.29, 0.717) is 27.9 Å². The molecule has 8 heteroatoms. The van der Waals surface area contributed by atoms with Gasteiger partial charge < -0.3 is 4.90 Å². The molecule has 1 saturated heterocycles. The Labute approximate surface area is 242 Å². The molecule has 7 rings (SSSR count). The molecule has 40 heavy (non-hydrogen) atoms. The minimum absolute atomic E-state index is 0.157. The van der Waals surface area contributed by atoms with Gasteiger partial charge in [-0.15, -0.1) is 0 Å². The zero-order valence-electron chi connectivity index (χ0n) is 22.0. The van der Waals surface area contributed by atoms with Crippen molar-refractivity contribution in [3.8, 4) is 0 Å². The van der Waals surface area contributed by atoms with Crippen molar-refractivity contribution in [3.63, 3.8) is 0 Å². The molecule has 200 valence electrons. The summed E-state index contributed by atoms with van der Waals surface area (Å²) in [6.45, 7) is 2.43. The predicted molar refractivity (Wildman–Crippen MR) is 160 cm³/mol. The molecule has 0 amide bonds. The molecule has 0 saturated carbocycles. The Hall–Kier alpha value is -3.68. The molecular weight excluding hydrogens is 538 g/mol. The summed E-state index contributed by atoms with van der Waals surface area (Å²) in [5.74, 6) is 0.910. The Kier molecular flexibility index (Phi) is 6.56. The van der Waals surface area contributed by atoms with Crippen LogP contribution in [0.2, 0.25) is 5.02 Å². The van der Waals surface area contributed by atoms with Crippen LogP contribution >= 0.6 is 23.4 Å². The van der Waals surface area contributed by atoms with Crippen LogP contribution in [0.15, 0.2) is 100 Å². The fourth-order valence-electron chi connectivity index (χ4n) is 6.13. The molecule has 2 aromatic heterocycles. The summed E-state index contributed by atoms with van der Waals surface area (Å²) in [4.78, 5) is 30.4. The van der Waals surface area contributed by atoms with Crippen molar-refractivity contribution in [2.45, 2.75) is 42.1 Å². The van der Waals surface area contributed by atoms with Crippen molar-refractivity contribution in [3.05, 3.63) is 118 Å². The zero-order valence-corrected chi connectivity index (χ0v) is 23.5. The number of anilines is 1. The van der Waals surface area contributed by atoms with Gasteiger partial charge in [-0.25, -0.2) is 15.0 Å². The first-order valence-corrected chi connectivity index (χ1v) is 14.8. The Balaban J connectivity index is 1.06. The predicted octanol–water partition coefficient (Wildman–Crippen LogP) is 6.42. The fourth-order valence-corrected chi connectivity index (χ4v) is 7.25. The molecule has 0 bridgehead atoms. The van der Waals surface area contributed by atoms with Crippen LogP contribution in [0.25, 0.3) is 10.9 Å². The Morgan fingerprint density at radius 1 is 0.850 bits per heavy atom. The maximum absolute atomic E-state index is 13.3. The second-order valence-electron chi connectivity index (χ2n) is 10.9. The highest BCUT2D eigenvalue weighted by Crippen LogP contribution is 2.45. The third-order valence-electron chi connectivity index (χ3n) is 8.32. The summed E-state index contributed by atoms with van der Waals surface area (Å²) in [5, 5.41) is 1.55. The molecule has 1 fully saturated rings. The molecule has 2 aliphatic rings. The van der Waals surface area contributed by atoms with E-state index in [1.165, 1.54) is 48.6 Å². The Morgan fingerprint density at radius 2 is 1.57 bits per heavy atom. The van der Waals surface area contributed by atoms with E-state index < -0.39 is 0 Å². The lowest BCUT2D eigenvalue weighted by molar-refractivity contribution is 0.232. The maximum atomic E-state index is 13.3. The molecule has 0 radical (unpaired) electrons. The van der Waals surface area contributed by atoms with Gasteiger partial charge >= 0.3 is 0 Å². The minimum atomic E-state index is -0.157. The van der Waals surface area contributed by atoms with Gasteiger partial charge in [0.05, 0.1) is 41.2 Å². The number of hydrogen-bond acceptors (Lipinski definition) is 6. The molecule has 0 N–H and O–H groups in total. The Morgan fingerprint density at radius 3 is 2.27 bits per heavy atom. The first-order valence-electron chi connectivity index (χ1n) is 13.6. The van der Waals surface area contributed by atoms with Crippen molar-refractivity contribution in [2.75, 3.05) is 18.0 Å². The van der Waals surface area contributed by atoms with Gasteiger partial charge in [-0.3, -0.25) is 9.36 Å². The molecule has 3 aromatic carbocycles. The molecule has 6 nitrogen and oxygen atoms in total. The second kappa shape index (κ2) is 10.4. The van der Waals surface area contributed by atoms with Crippen molar-refractivity contribution >= 4 is 40.1 Å². The summed E-state index contributed by atoms with van der Waals surface area (Å²) in [5.41, 5.74) is 4.89. The molecule has 1 aliphatic heterocycles. The number of rotatable bonds is 5. The maximum Gasteiger partial charge on any atom is 0.263 e. The average molecular weight is 566 g/mol. The van der Waals surface area contributed by atoms with E-state index in [0.717, 1.165) is 34.4 Å². The summed E-state index contributed by atoms with van der Waals surface area (Å²) in [6, 6.07) is 22.5. The second-order valence-corrected chi connectivity index (χ2v) is 12.3. The molecule has 3 heterocycles. The van der Waals surface area contributed by atoms with Crippen molar-refractivity contribution < 1.29 is 0 Å². The quantitative estimate of drug-likeness (QED) is 0.245. The van der Waals surface area contributed by atoms with E-state index in [1.54, 1.807) is 17.1 Å². The van der Waals surface area contributed by atoms with Crippen LogP contribution in [0.4, 0.5) is 5.82 Å². The van der Waals surface area contributed by atoms with Gasteiger partial charge in [-0.2, -0.15) is 0 Å². The molecule has 1 spiro atoms. The van der Waals surface area contributed by atoms with Crippen LogP contribution < -0.4 is 10.5 Å². The van der Waals surface area contributed by atoms with Gasteiger partial charge in [0.1, 0.15) is 10.8 Å². The number of halogens is 1. The van der Waals surface area contributed by atoms with Crippen molar-refractivity contribution in [2.24, 2.45) is 5.41 Å². The summed E-state index contributed by atoms with van der Waals surface area (Å²) >= 11 is 8.20. The zero-order chi connectivity index (χ0) is 27.1. The molecule has 5 aromatic rings. The summed E-state index contributed by atoms with van der Waals surface area (Å²) in [7, 11) is 0. The third kappa shape index (κ3) is 4.78. The lowest BCUT2D eigenvalue weighted by Crippen LogP contribution is -2.41. The van der Waals surface area contributed by atoms with Crippen molar-refractivity contribution in [1.29, 1.82) is 0 Å². The van der Waals surface area contributed by atoms with Gasteiger partial charge in [0.15, 0.2) is 0 Å². The first-order chi connectivity index (χ1) is 19.6. The third-order valence-corrected chi connectivity index (χ3v) is 9.80. The monoisotopic (exact) mass is 565 g/mol. The topological polar surface area (TPSA) is 63.9 Å². The smallest absolute Gasteiger partial charge is 0.263 e. The first kappa shape index (κ1) is 25.3. The van der Waals surface area contributed by atoms with Crippen LogP contribution in [0.5, 0.6) is 0 Å². The Bertz CT molecular complexity index is 1720. The SMILES string of the molecule is O=c1c2c(Cl)c(Sc3cnc(N4CCC5(CC4)Cc4ccccc4C5)cn3)ccc2ncn1Cc1ccccc1. The molecular formula is C32H28ClN5OS. The van der Waals surface area contributed by atoms with Crippen LogP contribution in [0, 0.1) is 5.41 Å². The van der Waals surface area contributed by atoms with E-state index in [4.69, 9.17) is 16.6 Å². The van der Waals surface area contributed by atoms with E-state index in [9.17, 15) is 4.79 Å². The number of piperidine rings is 1. The number of benzene rings is 3. The number of nitrogens with zero attached hydrogens (tertiary/aromatic N) is 5. The van der Waals surface area contributed by atoms with Gasteiger partial charge in [0, 0.05) is 18.0 Å². The normalized spacial score (nSPS) is 16.0.